The number of likely N-dealkylation sites (tertiary alicyclic amines) is 1. The molecule has 1 saturated heterocycles. The first-order valence-corrected chi connectivity index (χ1v) is 11.2. The number of rotatable bonds is 4. The number of hydrogen-bond acceptors (Lipinski definition) is 5. The summed E-state index contributed by atoms with van der Waals surface area (Å²) in [6.07, 6.45) is 1.89. The van der Waals surface area contributed by atoms with E-state index in [1.165, 1.54) is 18.0 Å². The predicted octanol–water partition coefficient (Wildman–Crippen LogP) is 4.35. The maximum Gasteiger partial charge on any atom is 0.435 e. The second kappa shape index (κ2) is 8.90. The lowest BCUT2D eigenvalue weighted by Crippen LogP contribution is -2.39. The lowest BCUT2D eigenvalue weighted by Gasteiger charge is -2.35. The average Bonchev–Trinajstić information content (AvgIpc) is 3.15. The van der Waals surface area contributed by atoms with Gasteiger partial charge in [-0.2, -0.15) is 18.3 Å². The second-order valence-corrected chi connectivity index (χ2v) is 9.09. The molecule has 0 saturated carbocycles. The molecule has 168 valence electrons. The molecule has 1 aliphatic heterocycles. The number of nitrogens with zero attached hydrogens (tertiary/aromatic N) is 4. The van der Waals surface area contributed by atoms with Gasteiger partial charge in [-0.05, 0) is 67.2 Å². The SMILES string of the molecule is COC(=O)C1CCN(CC2CCCc3c(C(F)(F)F)nn(-c4cncc(Br)c4)c32)CC1. The summed E-state index contributed by atoms with van der Waals surface area (Å²) in [7, 11) is 1.40. The Balaban J connectivity index is 1.64. The van der Waals surface area contributed by atoms with Crippen molar-refractivity contribution in [3.8, 4) is 5.69 Å². The highest BCUT2D eigenvalue weighted by Gasteiger charge is 2.42. The average molecular weight is 501 g/mol. The van der Waals surface area contributed by atoms with E-state index < -0.39 is 11.9 Å². The van der Waals surface area contributed by atoms with Gasteiger partial charge >= 0.3 is 12.1 Å². The molecule has 1 aliphatic carbocycles. The van der Waals surface area contributed by atoms with Gasteiger partial charge in [0.05, 0.1) is 30.6 Å². The number of methoxy groups -OCH3 is 1. The molecular formula is C21H24BrF3N4O2. The maximum absolute atomic E-state index is 13.8. The third-order valence-corrected chi connectivity index (χ3v) is 6.63. The van der Waals surface area contributed by atoms with E-state index in [2.05, 4.69) is 30.9 Å². The maximum atomic E-state index is 13.8. The van der Waals surface area contributed by atoms with Gasteiger partial charge in [0.25, 0.3) is 0 Å². The lowest BCUT2D eigenvalue weighted by molar-refractivity contribution is -0.147. The van der Waals surface area contributed by atoms with Crippen LogP contribution >= 0.6 is 15.9 Å². The first kappa shape index (κ1) is 22.3. The van der Waals surface area contributed by atoms with Crippen molar-refractivity contribution in [2.24, 2.45) is 5.92 Å². The van der Waals surface area contributed by atoms with Crippen LogP contribution in [0.4, 0.5) is 13.2 Å². The van der Waals surface area contributed by atoms with Crippen LogP contribution in [-0.2, 0) is 22.1 Å². The van der Waals surface area contributed by atoms with Crippen LogP contribution in [0.2, 0.25) is 0 Å². The quantitative estimate of drug-likeness (QED) is 0.584. The minimum atomic E-state index is -4.50. The molecule has 3 heterocycles. The van der Waals surface area contributed by atoms with Crippen molar-refractivity contribution in [3.05, 3.63) is 39.9 Å². The van der Waals surface area contributed by atoms with E-state index in [0.29, 0.717) is 53.6 Å². The lowest BCUT2D eigenvalue weighted by atomic mass is 9.85. The zero-order valence-corrected chi connectivity index (χ0v) is 18.7. The molecule has 2 aliphatic rings. The monoisotopic (exact) mass is 500 g/mol. The highest BCUT2D eigenvalue weighted by Crippen LogP contribution is 2.41. The molecule has 0 spiro atoms. The number of esters is 1. The second-order valence-electron chi connectivity index (χ2n) is 8.17. The Labute approximate surface area is 186 Å². The van der Waals surface area contributed by atoms with E-state index in [1.54, 1.807) is 12.3 Å². The third kappa shape index (κ3) is 4.64. The Hall–Kier alpha value is -1.94. The highest BCUT2D eigenvalue weighted by atomic mass is 79.9. The largest absolute Gasteiger partial charge is 0.469 e. The number of hydrogen-bond donors (Lipinski definition) is 0. The standard InChI is InChI=1S/C21H24BrF3N4O2/c1-31-20(30)13-5-7-28(8-6-13)12-14-3-2-4-17-18(14)29(27-19(17)21(23,24)25)16-9-15(22)10-26-11-16/h9-11,13-14H,2-8,12H2,1H3. The van der Waals surface area contributed by atoms with Gasteiger partial charge < -0.3 is 9.64 Å². The van der Waals surface area contributed by atoms with Gasteiger partial charge in [0.15, 0.2) is 5.69 Å². The summed E-state index contributed by atoms with van der Waals surface area (Å²) in [6, 6.07) is 1.73. The minimum Gasteiger partial charge on any atom is -0.469 e. The molecule has 31 heavy (non-hydrogen) atoms. The summed E-state index contributed by atoms with van der Waals surface area (Å²) < 4.78 is 48.3. The number of piperidine rings is 1. The van der Waals surface area contributed by atoms with E-state index in [4.69, 9.17) is 4.74 Å². The Bertz CT molecular complexity index is 955. The number of aromatic nitrogens is 3. The summed E-state index contributed by atoms with van der Waals surface area (Å²) in [4.78, 5) is 18.1. The summed E-state index contributed by atoms with van der Waals surface area (Å²) >= 11 is 3.35. The van der Waals surface area contributed by atoms with Crippen molar-refractivity contribution in [2.75, 3.05) is 26.7 Å². The molecule has 4 rings (SSSR count). The number of carbonyl (C=O) groups excluding carboxylic acids is 1. The van der Waals surface area contributed by atoms with Crippen molar-refractivity contribution in [2.45, 2.75) is 44.2 Å². The van der Waals surface area contributed by atoms with E-state index in [1.807, 2.05) is 0 Å². The van der Waals surface area contributed by atoms with Gasteiger partial charge in [-0.1, -0.05) is 0 Å². The Morgan fingerprint density at radius 1 is 1.26 bits per heavy atom. The van der Waals surface area contributed by atoms with Gasteiger partial charge in [-0.25, -0.2) is 4.68 Å². The Morgan fingerprint density at radius 2 is 2.00 bits per heavy atom. The topological polar surface area (TPSA) is 60.2 Å². The smallest absolute Gasteiger partial charge is 0.435 e. The van der Waals surface area contributed by atoms with Crippen molar-refractivity contribution in [1.82, 2.24) is 19.7 Å². The molecule has 1 atom stereocenters. The van der Waals surface area contributed by atoms with Crippen LogP contribution in [0, 0.1) is 5.92 Å². The molecule has 0 amide bonds. The molecule has 6 nitrogen and oxygen atoms in total. The predicted molar refractivity (Wildman–Crippen MR) is 111 cm³/mol. The van der Waals surface area contributed by atoms with E-state index in [-0.39, 0.29) is 17.8 Å². The van der Waals surface area contributed by atoms with Crippen LogP contribution in [0.5, 0.6) is 0 Å². The van der Waals surface area contributed by atoms with Gasteiger partial charge in [-0.15, -0.1) is 0 Å². The van der Waals surface area contributed by atoms with E-state index in [0.717, 1.165) is 19.5 Å². The van der Waals surface area contributed by atoms with Crippen molar-refractivity contribution in [3.63, 3.8) is 0 Å². The molecule has 10 heteroatoms. The van der Waals surface area contributed by atoms with Crippen molar-refractivity contribution < 1.29 is 22.7 Å². The molecule has 0 radical (unpaired) electrons. The van der Waals surface area contributed by atoms with Crippen molar-refractivity contribution in [1.29, 1.82) is 0 Å². The molecule has 0 aromatic carbocycles. The Kier molecular flexibility index (Phi) is 6.39. The van der Waals surface area contributed by atoms with Crippen LogP contribution in [0.1, 0.15) is 48.6 Å². The highest BCUT2D eigenvalue weighted by molar-refractivity contribution is 9.10. The van der Waals surface area contributed by atoms with Crippen LogP contribution < -0.4 is 0 Å². The molecular weight excluding hydrogens is 477 g/mol. The number of pyridine rings is 1. The minimum absolute atomic E-state index is 0.0685. The normalized spacial score (nSPS) is 20.5. The van der Waals surface area contributed by atoms with Gasteiger partial charge in [-0.3, -0.25) is 9.78 Å². The number of fused-ring (bicyclic) bond motifs is 1. The zero-order chi connectivity index (χ0) is 22.2. The number of halogens is 4. The fraction of sp³-hybridized carbons (Fsp3) is 0.571. The first-order valence-electron chi connectivity index (χ1n) is 10.4. The fourth-order valence-electron chi connectivity index (χ4n) is 4.74. The molecule has 2 aromatic rings. The first-order chi connectivity index (χ1) is 14.8. The molecule has 1 fully saturated rings. The summed E-state index contributed by atoms with van der Waals surface area (Å²) in [5, 5.41) is 4.02. The molecule has 2 aromatic heterocycles. The summed E-state index contributed by atoms with van der Waals surface area (Å²) in [5.41, 5.74) is 0.649. The van der Waals surface area contributed by atoms with Crippen molar-refractivity contribution >= 4 is 21.9 Å². The third-order valence-electron chi connectivity index (χ3n) is 6.19. The van der Waals surface area contributed by atoms with Crippen LogP contribution in [0.15, 0.2) is 22.9 Å². The molecule has 0 N–H and O–H groups in total. The molecule has 0 bridgehead atoms. The van der Waals surface area contributed by atoms with Crippen LogP contribution in [0.3, 0.4) is 0 Å². The van der Waals surface area contributed by atoms with Gasteiger partial charge in [0.1, 0.15) is 0 Å². The number of ether oxygens (including phenoxy) is 1. The van der Waals surface area contributed by atoms with Crippen LogP contribution in [-0.4, -0.2) is 52.4 Å². The summed E-state index contributed by atoms with van der Waals surface area (Å²) in [6.45, 7) is 2.10. The zero-order valence-electron chi connectivity index (χ0n) is 17.2. The number of carbonyl (C=O) groups is 1. The van der Waals surface area contributed by atoms with E-state index >= 15 is 0 Å². The van der Waals surface area contributed by atoms with E-state index in [9.17, 15) is 18.0 Å². The van der Waals surface area contributed by atoms with Gasteiger partial charge in [0.2, 0.25) is 0 Å². The van der Waals surface area contributed by atoms with Gasteiger partial charge in [0, 0.05) is 28.7 Å². The summed E-state index contributed by atoms with van der Waals surface area (Å²) in [5.74, 6) is -0.353. The number of alkyl halides is 3. The molecule has 1 unspecified atom stereocenters. The Morgan fingerprint density at radius 3 is 2.65 bits per heavy atom. The van der Waals surface area contributed by atoms with Crippen LogP contribution in [0.25, 0.3) is 5.69 Å². The fourth-order valence-corrected chi connectivity index (χ4v) is 5.09.